The number of hydrogen-bond donors (Lipinski definition) is 1. The van der Waals surface area contributed by atoms with Gasteiger partial charge >= 0.3 is 6.03 Å². The SMILES string of the molecule is Cc1noc(C2CCCN(C(=O)Nc3cnn(Cc4ccccn4)c3)C2)n1. The lowest BCUT2D eigenvalue weighted by molar-refractivity contribution is 0.184. The average Bonchev–Trinajstić information content (AvgIpc) is 3.31. The Kier molecular flexibility index (Phi) is 4.82. The van der Waals surface area contributed by atoms with Gasteiger partial charge in [-0.15, -0.1) is 0 Å². The molecule has 1 aliphatic rings. The van der Waals surface area contributed by atoms with Crippen molar-refractivity contribution in [3.05, 3.63) is 54.2 Å². The molecule has 2 amide bonds. The molecule has 0 bridgehead atoms. The minimum Gasteiger partial charge on any atom is -0.339 e. The quantitative estimate of drug-likeness (QED) is 0.760. The zero-order valence-electron chi connectivity index (χ0n) is 15.1. The minimum atomic E-state index is -0.145. The molecular weight excluding hydrogens is 346 g/mol. The predicted octanol–water partition coefficient (Wildman–Crippen LogP) is 2.43. The Bertz CT molecular complexity index is 905. The van der Waals surface area contributed by atoms with Gasteiger partial charge in [-0.1, -0.05) is 11.2 Å². The molecule has 4 heterocycles. The molecule has 0 saturated carbocycles. The number of pyridine rings is 1. The second-order valence-electron chi connectivity index (χ2n) is 6.64. The average molecular weight is 367 g/mol. The van der Waals surface area contributed by atoms with E-state index in [0.717, 1.165) is 18.5 Å². The Morgan fingerprint density at radius 3 is 3.11 bits per heavy atom. The number of nitrogens with one attached hydrogen (secondary N) is 1. The largest absolute Gasteiger partial charge is 0.339 e. The van der Waals surface area contributed by atoms with Gasteiger partial charge in [-0.05, 0) is 31.9 Å². The smallest absolute Gasteiger partial charge is 0.321 e. The summed E-state index contributed by atoms with van der Waals surface area (Å²) >= 11 is 0. The fourth-order valence-electron chi connectivity index (χ4n) is 3.22. The highest BCUT2D eigenvalue weighted by Gasteiger charge is 2.28. The van der Waals surface area contributed by atoms with Crippen LogP contribution in [0.25, 0.3) is 0 Å². The van der Waals surface area contributed by atoms with Crippen LogP contribution in [-0.4, -0.2) is 48.9 Å². The molecule has 140 valence electrons. The van der Waals surface area contributed by atoms with Crippen molar-refractivity contribution >= 4 is 11.7 Å². The van der Waals surface area contributed by atoms with E-state index in [1.54, 1.807) is 35.1 Å². The van der Waals surface area contributed by atoms with E-state index < -0.39 is 0 Å². The number of aryl methyl sites for hydroxylation is 1. The van der Waals surface area contributed by atoms with Gasteiger partial charge in [0.25, 0.3) is 0 Å². The van der Waals surface area contributed by atoms with E-state index in [1.807, 2.05) is 18.2 Å². The maximum absolute atomic E-state index is 12.6. The molecule has 0 aromatic carbocycles. The summed E-state index contributed by atoms with van der Waals surface area (Å²) in [6.07, 6.45) is 7.03. The van der Waals surface area contributed by atoms with Crippen LogP contribution >= 0.6 is 0 Å². The third-order valence-electron chi connectivity index (χ3n) is 4.54. The van der Waals surface area contributed by atoms with Crippen LogP contribution in [0.3, 0.4) is 0 Å². The lowest BCUT2D eigenvalue weighted by Gasteiger charge is -2.30. The molecule has 0 radical (unpaired) electrons. The van der Waals surface area contributed by atoms with E-state index in [1.165, 1.54) is 0 Å². The third-order valence-corrected chi connectivity index (χ3v) is 4.54. The summed E-state index contributed by atoms with van der Waals surface area (Å²) in [7, 11) is 0. The molecule has 1 N–H and O–H groups in total. The molecule has 3 aromatic rings. The van der Waals surface area contributed by atoms with Crippen molar-refractivity contribution in [1.82, 2.24) is 29.8 Å². The highest BCUT2D eigenvalue weighted by Crippen LogP contribution is 2.26. The summed E-state index contributed by atoms with van der Waals surface area (Å²) in [6.45, 7) is 3.62. The number of carbonyl (C=O) groups is 1. The summed E-state index contributed by atoms with van der Waals surface area (Å²) in [5, 5.41) is 11.0. The molecule has 9 nitrogen and oxygen atoms in total. The molecule has 1 atom stereocenters. The number of piperidine rings is 1. The number of rotatable bonds is 4. The number of likely N-dealkylation sites (tertiary alicyclic amines) is 1. The van der Waals surface area contributed by atoms with E-state index in [2.05, 4.69) is 25.5 Å². The first kappa shape index (κ1) is 17.2. The van der Waals surface area contributed by atoms with Gasteiger partial charge < -0.3 is 14.7 Å². The van der Waals surface area contributed by atoms with Crippen molar-refractivity contribution in [2.75, 3.05) is 18.4 Å². The summed E-state index contributed by atoms with van der Waals surface area (Å²) < 4.78 is 7.02. The lowest BCUT2D eigenvalue weighted by Crippen LogP contribution is -2.41. The van der Waals surface area contributed by atoms with Crippen LogP contribution < -0.4 is 5.32 Å². The summed E-state index contributed by atoms with van der Waals surface area (Å²) in [6, 6.07) is 5.60. The van der Waals surface area contributed by atoms with Crippen LogP contribution in [-0.2, 0) is 6.54 Å². The predicted molar refractivity (Wildman–Crippen MR) is 97.2 cm³/mol. The van der Waals surface area contributed by atoms with Crippen molar-refractivity contribution in [1.29, 1.82) is 0 Å². The van der Waals surface area contributed by atoms with Gasteiger partial charge in [0.05, 0.1) is 30.0 Å². The summed E-state index contributed by atoms with van der Waals surface area (Å²) in [5.74, 6) is 1.30. The highest BCUT2D eigenvalue weighted by molar-refractivity contribution is 5.89. The topological polar surface area (TPSA) is 102 Å². The van der Waals surface area contributed by atoms with Crippen LogP contribution in [0.15, 0.2) is 41.3 Å². The number of amides is 2. The Labute approximate surface area is 156 Å². The van der Waals surface area contributed by atoms with Gasteiger partial charge in [-0.3, -0.25) is 9.67 Å². The number of aromatic nitrogens is 5. The van der Waals surface area contributed by atoms with E-state index >= 15 is 0 Å². The van der Waals surface area contributed by atoms with E-state index in [-0.39, 0.29) is 11.9 Å². The van der Waals surface area contributed by atoms with E-state index in [9.17, 15) is 4.79 Å². The van der Waals surface area contributed by atoms with Gasteiger partial charge in [0.1, 0.15) is 0 Å². The number of carbonyl (C=O) groups excluding carboxylic acids is 1. The van der Waals surface area contributed by atoms with Gasteiger partial charge in [-0.25, -0.2) is 4.79 Å². The van der Waals surface area contributed by atoms with Gasteiger partial charge in [0, 0.05) is 25.5 Å². The van der Waals surface area contributed by atoms with Crippen molar-refractivity contribution in [2.45, 2.75) is 32.2 Å². The zero-order valence-corrected chi connectivity index (χ0v) is 15.1. The molecule has 9 heteroatoms. The van der Waals surface area contributed by atoms with Crippen LogP contribution in [0.5, 0.6) is 0 Å². The Hall–Kier alpha value is -3.23. The molecular formula is C18H21N7O2. The van der Waals surface area contributed by atoms with Crippen LogP contribution in [0.4, 0.5) is 10.5 Å². The summed E-state index contributed by atoms with van der Waals surface area (Å²) in [5.41, 5.74) is 1.57. The molecule has 27 heavy (non-hydrogen) atoms. The van der Waals surface area contributed by atoms with Crippen LogP contribution in [0, 0.1) is 6.92 Å². The molecule has 0 aliphatic carbocycles. The molecule has 1 fully saturated rings. The van der Waals surface area contributed by atoms with Gasteiger partial charge in [0.15, 0.2) is 5.82 Å². The first-order chi connectivity index (χ1) is 13.2. The van der Waals surface area contributed by atoms with E-state index in [0.29, 0.717) is 37.0 Å². The second kappa shape index (κ2) is 7.56. The van der Waals surface area contributed by atoms with Gasteiger partial charge in [-0.2, -0.15) is 10.1 Å². The molecule has 1 unspecified atom stereocenters. The number of hydrogen-bond acceptors (Lipinski definition) is 6. The number of urea groups is 1. The normalized spacial score (nSPS) is 17.1. The molecule has 0 spiro atoms. The molecule has 1 aliphatic heterocycles. The molecule has 4 rings (SSSR count). The maximum Gasteiger partial charge on any atom is 0.321 e. The first-order valence-electron chi connectivity index (χ1n) is 8.96. The van der Waals surface area contributed by atoms with Crippen molar-refractivity contribution in [2.24, 2.45) is 0 Å². The number of anilines is 1. The second-order valence-corrected chi connectivity index (χ2v) is 6.64. The monoisotopic (exact) mass is 367 g/mol. The van der Waals surface area contributed by atoms with E-state index in [4.69, 9.17) is 4.52 Å². The van der Waals surface area contributed by atoms with Crippen LogP contribution in [0.2, 0.25) is 0 Å². The fraction of sp³-hybridized carbons (Fsp3) is 0.389. The first-order valence-corrected chi connectivity index (χ1v) is 8.96. The summed E-state index contributed by atoms with van der Waals surface area (Å²) in [4.78, 5) is 23.0. The Balaban J connectivity index is 1.36. The number of nitrogens with zero attached hydrogens (tertiary/aromatic N) is 6. The minimum absolute atomic E-state index is 0.0811. The maximum atomic E-state index is 12.6. The van der Waals surface area contributed by atoms with Crippen molar-refractivity contribution < 1.29 is 9.32 Å². The fourth-order valence-corrected chi connectivity index (χ4v) is 3.22. The molecule has 1 saturated heterocycles. The van der Waals surface area contributed by atoms with Crippen LogP contribution in [0.1, 0.15) is 36.2 Å². The highest BCUT2D eigenvalue weighted by atomic mass is 16.5. The van der Waals surface area contributed by atoms with Crippen molar-refractivity contribution in [3.63, 3.8) is 0 Å². The lowest BCUT2D eigenvalue weighted by atomic mass is 9.98. The third kappa shape index (κ3) is 4.13. The standard InChI is InChI=1S/C18H21N7O2/c1-13-21-17(27-23-13)14-5-4-8-24(10-14)18(26)22-16-9-20-25(12-16)11-15-6-2-3-7-19-15/h2-3,6-7,9,12,14H,4-5,8,10-11H2,1H3,(H,22,26). The van der Waals surface area contributed by atoms with Crippen molar-refractivity contribution in [3.8, 4) is 0 Å². The zero-order chi connectivity index (χ0) is 18.6. The molecule has 3 aromatic heterocycles. The van der Waals surface area contributed by atoms with Gasteiger partial charge in [0.2, 0.25) is 5.89 Å². The Morgan fingerprint density at radius 1 is 1.41 bits per heavy atom. The Morgan fingerprint density at radius 2 is 2.33 bits per heavy atom.